The van der Waals surface area contributed by atoms with Crippen molar-refractivity contribution in [1.29, 1.82) is 0 Å². The summed E-state index contributed by atoms with van der Waals surface area (Å²) >= 11 is 0. The molecular formula is C16H16N2O4. The molecule has 0 saturated heterocycles. The predicted octanol–water partition coefficient (Wildman–Crippen LogP) is 2.50. The molecule has 114 valence electrons. The van der Waals surface area contributed by atoms with Crippen LogP contribution < -0.4 is 0 Å². The van der Waals surface area contributed by atoms with Gasteiger partial charge in [-0.15, -0.1) is 0 Å². The number of aromatic hydroxyl groups is 1. The van der Waals surface area contributed by atoms with Gasteiger partial charge in [-0.2, -0.15) is 0 Å². The Labute approximate surface area is 127 Å². The molecule has 6 nitrogen and oxygen atoms in total. The Morgan fingerprint density at radius 3 is 2.36 bits per heavy atom. The number of rotatable bonds is 5. The Morgan fingerprint density at radius 1 is 1.14 bits per heavy atom. The first-order valence-corrected chi connectivity index (χ1v) is 6.72. The van der Waals surface area contributed by atoms with Gasteiger partial charge >= 0.3 is 0 Å². The second-order valence-corrected chi connectivity index (χ2v) is 4.94. The molecule has 0 saturated carbocycles. The van der Waals surface area contributed by atoms with Gasteiger partial charge in [0.25, 0.3) is 5.69 Å². The Bertz CT molecular complexity index is 700. The van der Waals surface area contributed by atoms with Crippen LogP contribution in [0.25, 0.3) is 0 Å². The maximum atomic E-state index is 12.2. The molecule has 0 fully saturated rings. The third kappa shape index (κ3) is 3.60. The van der Waals surface area contributed by atoms with E-state index < -0.39 is 4.92 Å². The highest BCUT2D eigenvalue weighted by Gasteiger charge is 2.18. The van der Waals surface area contributed by atoms with Crippen molar-refractivity contribution in [3.63, 3.8) is 0 Å². The average molecular weight is 300 g/mol. The fourth-order valence-electron chi connectivity index (χ4n) is 2.12. The van der Waals surface area contributed by atoms with Crippen LogP contribution in [0.15, 0.2) is 48.5 Å². The smallest absolute Gasteiger partial charge is 0.273 e. The number of nitro benzene ring substituents is 1. The first-order chi connectivity index (χ1) is 10.5. The highest BCUT2D eigenvalue weighted by Crippen LogP contribution is 2.20. The molecule has 0 bridgehead atoms. The zero-order valence-corrected chi connectivity index (χ0v) is 12.1. The molecule has 22 heavy (non-hydrogen) atoms. The Kier molecular flexibility index (Phi) is 4.73. The Hall–Kier alpha value is -2.89. The number of phenolic OH excluding ortho intramolecular Hbond substituents is 1. The number of nitro groups is 1. The summed E-state index contributed by atoms with van der Waals surface area (Å²) < 4.78 is 0. The quantitative estimate of drug-likeness (QED) is 0.679. The summed E-state index contributed by atoms with van der Waals surface area (Å²) in [6.45, 7) is 0.242. The number of amides is 1. The van der Waals surface area contributed by atoms with Crippen LogP contribution in [0.5, 0.6) is 5.75 Å². The van der Waals surface area contributed by atoms with E-state index >= 15 is 0 Å². The van der Waals surface area contributed by atoms with Crippen molar-refractivity contribution in [2.75, 3.05) is 7.05 Å². The summed E-state index contributed by atoms with van der Waals surface area (Å²) in [4.78, 5) is 24.1. The number of phenols is 1. The molecule has 1 amide bonds. The summed E-state index contributed by atoms with van der Waals surface area (Å²) in [5.74, 6) is -0.134. The molecule has 6 heteroatoms. The number of likely N-dealkylation sites (N-methyl/N-ethyl adjacent to an activating group) is 1. The van der Waals surface area contributed by atoms with Crippen molar-refractivity contribution in [3.05, 3.63) is 69.8 Å². The molecule has 0 atom stereocenters. The SMILES string of the molecule is CN(Cc1ccccc1O)C(=O)Cc1ccccc1[N+](=O)[O-]. The lowest BCUT2D eigenvalue weighted by atomic mass is 10.1. The molecule has 2 aromatic carbocycles. The van der Waals surface area contributed by atoms with Crippen LogP contribution in [0.1, 0.15) is 11.1 Å². The van der Waals surface area contributed by atoms with Gasteiger partial charge < -0.3 is 10.0 Å². The minimum Gasteiger partial charge on any atom is -0.508 e. The van der Waals surface area contributed by atoms with E-state index in [1.807, 2.05) is 0 Å². The summed E-state index contributed by atoms with van der Waals surface area (Å²) in [5.41, 5.74) is 0.939. The number of benzene rings is 2. The Morgan fingerprint density at radius 2 is 1.73 bits per heavy atom. The summed E-state index contributed by atoms with van der Waals surface area (Å²) in [6.07, 6.45) is -0.0543. The van der Waals surface area contributed by atoms with Crippen molar-refractivity contribution in [1.82, 2.24) is 4.90 Å². The summed E-state index contributed by atoms with van der Waals surface area (Å²) in [6, 6.07) is 12.9. The number of carbonyl (C=O) groups is 1. The highest BCUT2D eigenvalue weighted by atomic mass is 16.6. The molecule has 0 spiro atoms. The van der Waals surface area contributed by atoms with Crippen LogP contribution in [0.3, 0.4) is 0 Å². The number of hydrogen-bond acceptors (Lipinski definition) is 4. The van der Waals surface area contributed by atoms with Gasteiger partial charge in [0.05, 0.1) is 11.3 Å². The molecule has 2 aromatic rings. The number of nitrogens with zero attached hydrogens (tertiary/aromatic N) is 2. The number of carbonyl (C=O) groups excluding carboxylic acids is 1. The fraction of sp³-hybridized carbons (Fsp3) is 0.188. The van der Waals surface area contributed by atoms with E-state index in [2.05, 4.69) is 0 Å². The third-order valence-electron chi connectivity index (χ3n) is 3.35. The lowest BCUT2D eigenvalue weighted by Gasteiger charge is -2.18. The highest BCUT2D eigenvalue weighted by molar-refractivity contribution is 5.79. The first-order valence-electron chi connectivity index (χ1n) is 6.72. The van der Waals surface area contributed by atoms with Crippen molar-refractivity contribution >= 4 is 11.6 Å². The van der Waals surface area contributed by atoms with Gasteiger partial charge in [0.2, 0.25) is 5.91 Å². The Balaban J connectivity index is 2.09. The van der Waals surface area contributed by atoms with Crippen LogP contribution >= 0.6 is 0 Å². The van der Waals surface area contributed by atoms with Gasteiger partial charge in [-0.1, -0.05) is 36.4 Å². The van der Waals surface area contributed by atoms with Crippen LogP contribution in [-0.4, -0.2) is 27.9 Å². The number of hydrogen-bond donors (Lipinski definition) is 1. The first kappa shape index (κ1) is 15.5. The second kappa shape index (κ2) is 6.71. The van der Waals surface area contributed by atoms with Gasteiger partial charge in [0.1, 0.15) is 5.75 Å². The van der Waals surface area contributed by atoms with Gasteiger partial charge in [-0.05, 0) is 6.07 Å². The lowest BCUT2D eigenvalue weighted by molar-refractivity contribution is -0.385. The topological polar surface area (TPSA) is 83.7 Å². The van der Waals surface area contributed by atoms with Crippen molar-refractivity contribution < 1.29 is 14.8 Å². The molecular weight excluding hydrogens is 284 g/mol. The zero-order chi connectivity index (χ0) is 16.1. The van der Waals surface area contributed by atoms with Crippen molar-refractivity contribution in [2.24, 2.45) is 0 Å². The normalized spacial score (nSPS) is 10.2. The van der Waals surface area contributed by atoms with E-state index in [1.165, 1.54) is 11.0 Å². The van der Waals surface area contributed by atoms with Crippen LogP contribution in [0.2, 0.25) is 0 Å². The zero-order valence-electron chi connectivity index (χ0n) is 12.1. The molecule has 0 heterocycles. The van der Waals surface area contributed by atoms with E-state index in [0.717, 1.165) is 0 Å². The molecule has 0 aliphatic heterocycles. The molecule has 0 aliphatic rings. The fourth-order valence-corrected chi connectivity index (χ4v) is 2.12. The van der Waals surface area contributed by atoms with E-state index in [0.29, 0.717) is 11.1 Å². The molecule has 0 unspecified atom stereocenters. The molecule has 0 aliphatic carbocycles. The van der Waals surface area contributed by atoms with Crippen LogP contribution in [0.4, 0.5) is 5.69 Å². The van der Waals surface area contributed by atoms with E-state index in [4.69, 9.17) is 0 Å². The van der Waals surface area contributed by atoms with Gasteiger partial charge in [-0.25, -0.2) is 0 Å². The molecule has 2 rings (SSSR count). The van der Waals surface area contributed by atoms with Crippen LogP contribution in [-0.2, 0) is 17.8 Å². The average Bonchev–Trinajstić information content (AvgIpc) is 2.49. The maximum absolute atomic E-state index is 12.2. The largest absolute Gasteiger partial charge is 0.508 e. The minimum absolute atomic E-state index is 0.0543. The minimum atomic E-state index is -0.494. The standard InChI is InChI=1S/C16H16N2O4/c1-17(11-13-7-3-5-9-15(13)19)16(20)10-12-6-2-4-8-14(12)18(21)22/h2-9,19H,10-11H2,1H3. The van der Waals surface area contributed by atoms with Crippen molar-refractivity contribution in [2.45, 2.75) is 13.0 Å². The molecule has 0 radical (unpaired) electrons. The second-order valence-electron chi connectivity index (χ2n) is 4.94. The number of para-hydroxylation sites is 2. The van der Waals surface area contributed by atoms with E-state index in [-0.39, 0.29) is 30.3 Å². The summed E-state index contributed by atoms with van der Waals surface area (Å²) in [5, 5.41) is 20.7. The monoisotopic (exact) mass is 300 g/mol. The van der Waals surface area contributed by atoms with Crippen LogP contribution in [0, 0.1) is 10.1 Å². The van der Waals surface area contributed by atoms with E-state index in [9.17, 15) is 20.0 Å². The van der Waals surface area contributed by atoms with Crippen molar-refractivity contribution in [3.8, 4) is 5.75 Å². The lowest BCUT2D eigenvalue weighted by Crippen LogP contribution is -2.28. The third-order valence-corrected chi connectivity index (χ3v) is 3.35. The molecule has 0 aromatic heterocycles. The van der Waals surface area contributed by atoms with Gasteiger partial charge in [0, 0.05) is 30.8 Å². The maximum Gasteiger partial charge on any atom is 0.273 e. The van der Waals surface area contributed by atoms with Gasteiger partial charge in [-0.3, -0.25) is 14.9 Å². The van der Waals surface area contributed by atoms with E-state index in [1.54, 1.807) is 49.5 Å². The van der Waals surface area contributed by atoms with Gasteiger partial charge in [0.15, 0.2) is 0 Å². The molecule has 1 N–H and O–H groups in total. The summed E-state index contributed by atoms with van der Waals surface area (Å²) in [7, 11) is 1.60. The predicted molar refractivity (Wildman–Crippen MR) is 81.4 cm³/mol.